The van der Waals surface area contributed by atoms with Crippen molar-refractivity contribution in [2.24, 2.45) is 0 Å². The third-order valence-electron chi connectivity index (χ3n) is 3.37. The van der Waals surface area contributed by atoms with Crippen LogP contribution in [0.2, 0.25) is 0 Å². The first-order valence-electron chi connectivity index (χ1n) is 6.33. The Balaban J connectivity index is 1.67. The van der Waals surface area contributed by atoms with E-state index in [4.69, 9.17) is 0 Å². The molecule has 3 rings (SSSR count). The lowest BCUT2D eigenvalue weighted by molar-refractivity contribution is -0.121. The summed E-state index contributed by atoms with van der Waals surface area (Å²) >= 11 is 0. The van der Waals surface area contributed by atoms with Crippen LogP contribution in [-0.4, -0.2) is 29.4 Å². The van der Waals surface area contributed by atoms with Crippen LogP contribution >= 0.6 is 0 Å². The first kappa shape index (κ1) is 11.8. The Kier molecular flexibility index (Phi) is 2.95. The number of fused-ring (bicyclic) bond motifs is 1. The molecule has 1 aliphatic heterocycles. The molecule has 1 unspecified atom stereocenters. The van der Waals surface area contributed by atoms with Crippen molar-refractivity contribution >= 4 is 22.7 Å². The third-order valence-corrected chi connectivity index (χ3v) is 3.37. The maximum absolute atomic E-state index is 12.0. The van der Waals surface area contributed by atoms with Crippen LogP contribution in [0.5, 0.6) is 0 Å². The summed E-state index contributed by atoms with van der Waals surface area (Å²) in [4.78, 5) is 26.2. The van der Waals surface area contributed by atoms with Crippen LogP contribution in [0.15, 0.2) is 30.5 Å². The number of benzene rings is 1. The summed E-state index contributed by atoms with van der Waals surface area (Å²) in [5, 5.41) is 6.65. The van der Waals surface area contributed by atoms with Crippen LogP contribution in [0.4, 0.5) is 0 Å². The van der Waals surface area contributed by atoms with Gasteiger partial charge in [-0.3, -0.25) is 9.59 Å². The van der Waals surface area contributed by atoms with Crippen molar-refractivity contribution in [3.8, 4) is 0 Å². The third kappa shape index (κ3) is 2.45. The van der Waals surface area contributed by atoms with Crippen molar-refractivity contribution in [3.63, 3.8) is 0 Å². The number of aromatic nitrogens is 1. The molecule has 0 bridgehead atoms. The fourth-order valence-corrected chi connectivity index (χ4v) is 2.44. The Bertz CT molecular complexity index is 632. The number of carbonyl (C=O) groups is 2. The maximum Gasteiger partial charge on any atom is 0.224 e. The summed E-state index contributed by atoms with van der Waals surface area (Å²) in [7, 11) is 0. The van der Waals surface area contributed by atoms with Gasteiger partial charge in [-0.1, -0.05) is 18.2 Å². The Morgan fingerprint density at radius 2 is 2.21 bits per heavy atom. The highest BCUT2D eigenvalue weighted by molar-refractivity contribution is 5.89. The SMILES string of the molecule is O=C1CC(NC(=O)Cc2c[nH]c3ccccc23)CN1. The number of aromatic amines is 1. The molecule has 0 aliphatic carbocycles. The normalized spacial score (nSPS) is 18.5. The van der Waals surface area contributed by atoms with Crippen molar-refractivity contribution in [3.05, 3.63) is 36.0 Å². The molecular formula is C14H15N3O2. The molecule has 19 heavy (non-hydrogen) atoms. The molecule has 3 N–H and O–H groups in total. The smallest absolute Gasteiger partial charge is 0.224 e. The standard InChI is InChI=1S/C14H15N3O2/c18-13-6-10(8-16-13)17-14(19)5-9-7-15-12-4-2-1-3-11(9)12/h1-4,7,10,15H,5-6,8H2,(H,16,18)(H,17,19). The van der Waals surface area contributed by atoms with Crippen LogP contribution in [0.1, 0.15) is 12.0 Å². The van der Waals surface area contributed by atoms with Gasteiger partial charge in [0, 0.05) is 30.1 Å². The van der Waals surface area contributed by atoms with Gasteiger partial charge in [0.25, 0.3) is 0 Å². The molecule has 2 aromatic rings. The largest absolute Gasteiger partial charge is 0.361 e. The molecule has 1 aliphatic rings. The summed E-state index contributed by atoms with van der Waals surface area (Å²) in [5.74, 6) is -0.0522. The van der Waals surface area contributed by atoms with Gasteiger partial charge >= 0.3 is 0 Å². The fraction of sp³-hybridized carbons (Fsp3) is 0.286. The molecule has 0 saturated carbocycles. The minimum atomic E-state index is -0.0785. The minimum Gasteiger partial charge on any atom is -0.361 e. The Hall–Kier alpha value is -2.30. The number of hydrogen-bond donors (Lipinski definition) is 3. The van der Waals surface area contributed by atoms with Gasteiger partial charge in [-0.15, -0.1) is 0 Å². The van der Waals surface area contributed by atoms with Crippen molar-refractivity contribution in [2.75, 3.05) is 6.54 Å². The highest BCUT2D eigenvalue weighted by Gasteiger charge is 2.23. The molecule has 1 atom stereocenters. The maximum atomic E-state index is 12.0. The van der Waals surface area contributed by atoms with E-state index in [-0.39, 0.29) is 17.9 Å². The lowest BCUT2D eigenvalue weighted by Crippen LogP contribution is -2.37. The predicted molar refractivity (Wildman–Crippen MR) is 71.6 cm³/mol. The van der Waals surface area contributed by atoms with Crippen LogP contribution in [-0.2, 0) is 16.0 Å². The average molecular weight is 257 g/mol. The molecule has 0 radical (unpaired) electrons. The molecular weight excluding hydrogens is 242 g/mol. The highest BCUT2D eigenvalue weighted by atomic mass is 16.2. The summed E-state index contributed by atoms with van der Waals surface area (Å²) < 4.78 is 0. The molecule has 98 valence electrons. The number of amides is 2. The van der Waals surface area contributed by atoms with E-state index in [1.807, 2.05) is 30.5 Å². The first-order valence-corrected chi connectivity index (χ1v) is 6.33. The summed E-state index contributed by atoms with van der Waals surface area (Å²) in [6.07, 6.45) is 2.57. The second-order valence-corrected chi connectivity index (χ2v) is 4.81. The van der Waals surface area contributed by atoms with Gasteiger partial charge in [-0.25, -0.2) is 0 Å². The number of para-hydroxylation sites is 1. The fourth-order valence-electron chi connectivity index (χ4n) is 2.44. The summed E-state index contributed by atoms with van der Waals surface area (Å²) in [5.41, 5.74) is 2.01. The zero-order valence-electron chi connectivity index (χ0n) is 10.4. The molecule has 1 fully saturated rings. The monoisotopic (exact) mass is 257 g/mol. The summed E-state index contributed by atoms with van der Waals surface area (Å²) in [6.45, 7) is 0.526. The number of carbonyl (C=O) groups excluding carboxylic acids is 2. The number of H-pyrrole nitrogens is 1. The van der Waals surface area contributed by atoms with Crippen molar-refractivity contribution in [1.29, 1.82) is 0 Å². The zero-order chi connectivity index (χ0) is 13.2. The van der Waals surface area contributed by atoms with Crippen molar-refractivity contribution < 1.29 is 9.59 Å². The molecule has 1 aromatic heterocycles. The van der Waals surface area contributed by atoms with Crippen LogP contribution in [0.3, 0.4) is 0 Å². The van der Waals surface area contributed by atoms with Gasteiger partial charge in [0.2, 0.25) is 11.8 Å². The zero-order valence-corrected chi connectivity index (χ0v) is 10.4. The van der Waals surface area contributed by atoms with Crippen molar-refractivity contribution in [2.45, 2.75) is 18.9 Å². The predicted octanol–water partition coefficient (Wildman–Crippen LogP) is 0.715. The van der Waals surface area contributed by atoms with Gasteiger partial charge in [-0.05, 0) is 11.6 Å². The van der Waals surface area contributed by atoms with Crippen LogP contribution in [0, 0.1) is 0 Å². The lowest BCUT2D eigenvalue weighted by Gasteiger charge is -2.09. The molecule has 5 heteroatoms. The molecule has 1 aromatic carbocycles. The van der Waals surface area contributed by atoms with E-state index in [2.05, 4.69) is 15.6 Å². The second-order valence-electron chi connectivity index (χ2n) is 4.81. The van der Waals surface area contributed by atoms with E-state index >= 15 is 0 Å². The molecule has 5 nitrogen and oxygen atoms in total. The van der Waals surface area contributed by atoms with Crippen LogP contribution in [0.25, 0.3) is 10.9 Å². The molecule has 1 saturated heterocycles. The van der Waals surface area contributed by atoms with E-state index in [0.717, 1.165) is 16.5 Å². The molecule has 2 heterocycles. The van der Waals surface area contributed by atoms with Gasteiger partial charge in [-0.2, -0.15) is 0 Å². The number of hydrogen-bond acceptors (Lipinski definition) is 2. The van der Waals surface area contributed by atoms with Gasteiger partial charge < -0.3 is 15.6 Å². The van der Waals surface area contributed by atoms with Gasteiger partial charge in [0.05, 0.1) is 12.5 Å². The topological polar surface area (TPSA) is 74.0 Å². The number of nitrogens with one attached hydrogen (secondary N) is 3. The van der Waals surface area contributed by atoms with E-state index in [9.17, 15) is 9.59 Å². The van der Waals surface area contributed by atoms with Gasteiger partial charge in [0.1, 0.15) is 0 Å². The van der Waals surface area contributed by atoms with E-state index < -0.39 is 0 Å². The second kappa shape index (κ2) is 4.76. The molecule has 2 amide bonds. The van der Waals surface area contributed by atoms with E-state index in [0.29, 0.717) is 19.4 Å². The number of rotatable bonds is 3. The average Bonchev–Trinajstić information content (AvgIpc) is 2.97. The molecule has 0 spiro atoms. The highest BCUT2D eigenvalue weighted by Crippen LogP contribution is 2.18. The Morgan fingerprint density at radius 3 is 3.00 bits per heavy atom. The van der Waals surface area contributed by atoms with Gasteiger partial charge in [0.15, 0.2) is 0 Å². The van der Waals surface area contributed by atoms with E-state index in [1.54, 1.807) is 0 Å². The van der Waals surface area contributed by atoms with E-state index in [1.165, 1.54) is 0 Å². The lowest BCUT2D eigenvalue weighted by atomic mass is 10.1. The van der Waals surface area contributed by atoms with Crippen LogP contribution < -0.4 is 10.6 Å². The van der Waals surface area contributed by atoms with Crippen molar-refractivity contribution in [1.82, 2.24) is 15.6 Å². The Labute approximate surface area is 110 Å². The minimum absolute atomic E-state index is 0.00241. The first-order chi connectivity index (χ1) is 9.22. The summed E-state index contributed by atoms with van der Waals surface area (Å²) in [6, 6.07) is 7.81. The Morgan fingerprint density at radius 1 is 1.37 bits per heavy atom. The quantitative estimate of drug-likeness (QED) is 0.757.